The first-order valence-corrected chi connectivity index (χ1v) is 12.3. The van der Waals surface area contributed by atoms with Gasteiger partial charge in [0.05, 0.1) is 6.61 Å². The number of nitrogens with one attached hydrogen (secondary N) is 1. The molecule has 1 aromatic rings. The summed E-state index contributed by atoms with van der Waals surface area (Å²) >= 11 is 0. The normalized spacial score (nSPS) is 25.5. The Labute approximate surface area is 186 Å². The molecule has 4 aliphatic rings. The quantitative estimate of drug-likeness (QED) is 0.737. The summed E-state index contributed by atoms with van der Waals surface area (Å²) in [7, 11) is 0. The standard InChI is InChI=1S/C20H30N4O3.C4H8/c25-20(26)22-17-3-1-15(2-4-17)6-9-23-10-12-24(13-11-23)19-18-16(5-8-21-19)7-14-27-18;1-2-4-3-1/h5,8,15,17,22H,1-4,6-7,9-14H2,(H,25,26);1-4H2. The topological polar surface area (TPSA) is 77.9 Å². The van der Waals surface area contributed by atoms with Gasteiger partial charge in [0, 0.05) is 50.4 Å². The van der Waals surface area contributed by atoms with Gasteiger partial charge in [-0.05, 0) is 50.6 Å². The van der Waals surface area contributed by atoms with Crippen LogP contribution in [0.15, 0.2) is 12.3 Å². The highest BCUT2D eigenvalue weighted by Crippen LogP contribution is 2.34. The highest BCUT2D eigenvalue weighted by atomic mass is 16.5. The maximum absolute atomic E-state index is 10.7. The van der Waals surface area contributed by atoms with Crippen LogP contribution in [0.25, 0.3) is 0 Å². The number of ether oxygens (including phenoxy) is 1. The van der Waals surface area contributed by atoms with E-state index >= 15 is 0 Å². The second kappa shape index (κ2) is 11.0. The third kappa shape index (κ3) is 6.25. The molecule has 1 saturated heterocycles. The van der Waals surface area contributed by atoms with Gasteiger partial charge in [-0.1, -0.05) is 25.7 Å². The van der Waals surface area contributed by atoms with Gasteiger partial charge in [0.1, 0.15) is 0 Å². The van der Waals surface area contributed by atoms with E-state index in [0.29, 0.717) is 0 Å². The minimum atomic E-state index is -0.889. The lowest BCUT2D eigenvalue weighted by molar-refractivity contribution is 0.177. The van der Waals surface area contributed by atoms with Crippen molar-refractivity contribution in [1.82, 2.24) is 15.2 Å². The second-order valence-corrected chi connectivity index (χ2v) is 9.42. The van der Waals surface area contributed by atoms with E-state index in [1.165, 1.54) is 37.7 Å². The maximum atomic E-state index is 10.7. The molecule has 172 valence electrons. The first kappa shape index (κ1) is 22.2. The Bertz CT molecular complexity index is 705. The fraction of sp³-hybridized carbons (Fsp3) is 0.750. The molecule has 0 aromatic carbocycles. The molecule has 1 aromatic heterocycles. The van der Waals surface area contributed by atoms with Crippen molar-refractivity contribution in [2.75, 3.05) is 44.2 Å². The molecule has 2 aliphatic heterocycles. The lowest BCUT2D eigenvalue weighted by Crippen LogP contribution is -2.47. The number of aromatic nitrogens is 1. The van der Waals surface area contributed by atoms with Crippen molar-refractivity contribution < 1.29 is 14.6 Å². The molecule has 3 fully saturated rings. The van der Waals surface area contributed by atoms with Crippen LogP contribution in [0.3, 0.4) is 0 Å². The molecule has 7 nitrogen and oxygen atoms in total. The number of fused-ring (bicyclic) bond motifs is 1. The van der Waals surface area contributed by atoms with Crippen molar-refractivity contribution in [3.05, 3.63) is 17.8 Å². The molecule has 5 rings (SSSR count). The van der Waals surface area contributed by atoms with E-state index in [4.69, 9.17) is 9.84 Å². The summed E-state index contributed by atoms with van der Waals surface area (Å²) < 4.78 is 5.81. The fourth-order valence-corrected chi connectivity index (χ4v) is 4.89. The third-order valence-corrected chi connectivity index (χ3v) is 7.28. The van der Waals surface area contributed by atoms with E-state index < -0.39 is 6.09 Å². The Kier molecular flexibility index (Phi) is 7.89. The van der Waals surface area contributed by atoms with E-state index in [2.05, 4.69) is 26.2 Å². The van der Waals surface area contributed by atoms with Gasteiger partial charge in [0.2, 0.25) is 0 Å². The van der Waals surface area contributed by atoms with Crippen molar-refractivity contribution in [1.29, 1.82) is 0 Å². The maximum Gasteiger partial charge on any atom is 0.404 e. The zero-order chi connectivity index (χ0) is 21.5. The lowest BCUT2D eigenvalue weighted by atomic mass is 9.84. The summed E-state index contributed by atoms with van der Waals surface area (Å²) in [4.78, 5) is 20.2. The van der Waals surface area contributed by atoms with Gasteiger partial charge >= 0.3 is 6.09 Å². The lowest BCUT2D eigenvalue weighted by Gasteiger charge is -2.37. The average molecular weight is 431 g/mol. The van der Waals surface area contributed by atoms with Crippen LogP contribution in [0.2, 0.25) is 0 Å². The minimum absolute atomic E-state index is 0.157. The Morgan fingerprint density at radius 1 is 1.10 bits per heavy atom. The molecule has 0 spiro atoms. The Balaban J connectivity index is 0.000000520. The number of nitrogens with zero attached hydrogens (tertiary/aromatic N) is 3. The van der Waals surface area contributed by atoms with E-state index in [0.717, 1.165) is 88.9 Å². The van der Waals surface area contributed by atoms with Crippen LogP contribution in [-0.4, -0.2) is 66.5 Å². The number of carboxylic acid groups (broad SMARTS) is 1. The van der Waals surface area contributed by atoms with Crippen LogP contribution >= 0.6 is 0 Å². The summed E-state index contributed by atoms with van der Waals surface area (Å²) in [6.07, 6.45) is 13.5. The summed E-state index contributed by atoms with van der Waals surface area (Å²) in [5, 5.41) is 11.5. The molecule has 31 heavy (non-hydrogen) atoms. The number of carbonyl (C=O) groups is 1. The van der Waals surface area contributed by atoms with Gasteiger partial charge in [-0.15, -0.1) is 0 Å². The van der Waals surface area contributed by atoms with Gasteiger partial charge in [-0.2, -0.15) is 0 Å². The van der Waals surface area contributed by atoms with Crippen LogP contribution in [-0.2, 0) is 6.42 Å². The van der Waals surface area contributed by atoms with Crippen molar-refractivity contribution in [2.24, 2.45) is 5.92 Å². The van der Waals surface area contributed by atoms with Gasteiger partial charge in [0.25, 0.3) is 0 Å². The van der Waals surface area contributed by atoms with Crippen molar-refractivity contribution >= 4 is 11.9 Å². The zero-order valence-corrected chi connectivity index (χ0v) is 18.7. The number of hydrogen-bond acceptors (Lipinski definition) is 5. The van der Waals surface area contributed by atoms with Crippen LogP contribution in [0.4, 0.5) is 10.6 Å². The van der Waals surface area contributed by atoms with E-state index in [1.807, 2.05) is 6.20 Å². The molecule has 2 aliphatic carbocycles. The van der Waals surface area contributed by atoms with Crippen LogP contribution in [0.5, 0.6) is 5.75 Å². The van der Waals surface area contributed by atoms with Crippen LogP contribution in [0.1, 0.15) is 63.4 Å². The number of pyridine rings is 1. The van der Waals surface area contributed by atoms with Crippen molar-refractivity contribution in [2.45, 2.75) is 70.3 Å². The van der Waals surface area contributed by atoms with Gasteiger partial charge in [0.15, 0.2) is 11.6 Å². The smallest absolute Gasteiger partial charge is 0.404 e. The molecule has 0 bridgehead atoms. The number of rotatable bonds is 5. The Hall–Kier alpha value is -2.02. The van der Waals surface area contributed by atoms with Crippen LogP contribution in [0, 0.1) is 5.92 Å². The zero-order valence-electron chi connectivity index (χ0n) is 18.7. The van der Waals surface area contributed by atoms with E-state index in [9.17, 15) is 4.79 Å². The molecule has 7 heteroatoms. The molecular weight excluding hydrogens is 392 g/mol. The van der Waals surface area contributed by atoms with E-state index in [-0.39, 0.29) is 6.04 Å². The van der Waals surface area contributed by atoms with Crippen molar-refractivity contribution in [3.63, 3.8) is 0 Å². The monoisotopic (exact) mass is 430 g/mol. The van der Waals surface area contributed by atoms with Crippen molar-refractivity contribution in [3.8, 4) is 5.75 Å². The number of hydrogen-bond donors (Lipinski definition) is 2. The summed E-state index contributed by atoms with van der Waals surface area (Å²) in [5.41, 5.74) is 1.29. The molecule has 0 atom stereocenters. The summed E-state index contributed by atoms with van der Waals surface area (Å²) in [6.45, 7) is 6.07. The molecule has 0 unspecified atom stereocenters. The number of piperazine rings is 1. The molecule has 0 radical (unpaired) electrons. The van der Waals surface area contributed by atoms with E-state index in [1.54, 1.807) is 0 Å². The summed E-state index contributed by atoms with van der Waals surface area (Å²) in [6, 6.07) is 2.23. The third-order valence-electron chi connectivity index (χ3n) is 7.28. The number of anilines is 1. The van der Waals surface area contributed by atoms with Gasteiger partial charge < -0.3 is 20.1 Å². The Morgan fingerprint density at radius 2 is 1.81 bits per heavy atom. The second-order valence-electron chi connectivity index (χ2n) is 9.42. The van der Waals surface area contributed by atoms with Crippen LogP contribution < -0.4 is 15.0 Å². The molecular formula is C24H38N4O3. The average Bonchev–Trinajstić information content (AvgIpc) is 3.21. The van der Waals surface area contributed by atoms with Gasteiger partial charge in [-0.3, -0.25) is 4.90 Å². The minimum Gasteiger partial charge on any atom is -0.489 e. The number of amides is 1. The Morgan fingerprint density at radius 3 is 2.45 bits per heavy atom. The first-order valence-electron chi connectivity index (χ1n) is 12.3. The predicted molar refractivity (Wildman–Crippen MR) is 122 cm³/mol. The molecule has 2 N–H and O–H groups in total. The first-order chi connectivity index (χ1) is 15.2. The largest absolute Gasteiger partial charge is 0.489 e. The highest BCUT2D eigenvalue weighted by molar-refractivity contribution is 5.64. The molecule has 3 heterocycles. The fourth-order valence-electron chi connectivity index (χ4n) is 4.89. The summed E-state index contributed by atoms with van der Waals surface area (Å²) in [5.74, 6) is 2.76. The molecule has 2 saturated carbocycles. The highest BCUT2D eigenvalue weighted by Gasteiger charge is 2.26. The SMILES string of the molecule is C1CCC1.O=C(O)NC1CCC(CCN2CCN(c3nccc4c3OCC4)CC2)CC1. The molecule has 1 amide bonds. The predicted octanol–water partition coefficient (Wildman–Crippen LogP) is 3.92. The van der Waals surface area contributed by atoms with Gasteiger partial charge in [-0.25, -0.2) is 9.78 Å².